The smallest absolute Gasteiger partial charge is 0.235 e. The van der Waals surface area contributed by atoms with E-state index in [0.29, 0.717) is 18.0 Å². The van der Waals surface area contributed by atoms with Crippen LogP contribution in [0.4, 0.5) is 4.39 Å². The van der Waals surface area contributed by atoms with Gasteiger partial charge in [0.25, 0.3) is 0 Å². The summed E-state index contributed by atoms with van der Waals surface area (Å²) in [5.74, 6) is -0.790. The normalized spacial score (nSPS) is 14.5. The number of halogens is 1. The SMILES string of the molecule is CC(C)c1cc(C#N)cc(C2CC2)c1CC(=O)N[SH](N)(=O)c1ccc(CN(C)C)cc1F. The molecule has 1 fully saturated rings. The van der Waals surface area contributed by atoms with Crippen molar-refractivity contribution >= 4 is 16.2 Å². The monoisotopic (exact) mass is 458 g/mol. The average Bonchev–Trinajstić information content (AvgIpc) is 3.51. The number of nitriles is 1. The lowest BCUT2D eigenvalue weighted by molar-refractivity contribution is -0.118. The van der Waals surface area contributed by atoms with Crippen molar-refractivity contribution < 1.29 is 13.4 Å². The molecule has 0 bridgehead atoms. The van der Waals surface area contributed by atoms with Gasteiger partial charge in [-0.3, -0.25) is 14.7 Å². The number of nitrogens with two attached hydrogens (primary N) is 1. The van der Waals surface area contributed by atoms with Gasteiger partial charge in [0.2, 0.25) is 5.91 Å². The molecule has 6 nitrogen and oxygen atoms in total. The highest BCUT2D eigenvalue weighted by molar-refractivity contribution is 7.99. The van der Waals surface area contributed by atoms with Crippen LogP contribution in [0.5, 0.6) is 0 Å². The van der Waals surface area contributed by atoms with Gasteiger partial charge in [-0.2, -0.15) is 5.26 Å². The standard InChI is InChI=1S/C24H31FN4O2S/c1-15(2)19-9-17(13-26)10-20(18-6-7-18)21(19)12-24(30)28-32(27,31)23-8-5-16(11-22(23)25)14-29(3)4/h5,8-11,15,18,32H,6-7,12,14H2,1-4H3,(H3,27,28,30,31). The molecule has 0 aliphatic heterocycles. The van der Waals surface area contributed by atoms with Gasteiger partial charge in [-0.1, -0.05) is 19.9 Å². The van der Waals surface area contributed by atoms with Crippen molar-refractivity contribution in [2.75, 3.05) is 14.1 Å². The van der Waals surface area contributed by atoms with E-state index in [2.05, 4.69) is 10.8 Å². The number of carbonyl (C=O) groups excluding carboxylic acids is 1. The molecular weight excluding hydrogens is 427 g/mol. The molecule has 0 atom stereocenters. The molecule has 0 unspecified atom stereocenters. The van der Waals surface area contributed by atoms with E-state index >= 15 is 0 Å². The second-order valence-corrected chi connectivity index (χ2v) is 11.1. The Kier molecular flexibility index (Phi) is 7.13. The molecule has 172 valence electrons. The molecule has 1 saturated carbocycles. The van der Waals surface area contributed by atoms with Crippen molar-refractivity contribution in [3.63, 3.8) is 0 Å². The summed E-state index contributed by atoms with van der Waals surface area (Å²) in [6.07, 6.45) is 2.01. The predicted octanol–water partition coefficient (Wildman–Crippen LogP) is 3.28. The molecule has 8 heteroatoms. The van der Waals surface area contributed by atoms with Gasteiger partial charge in [0.1, 0.15) is 5.82 Å². The highest BCUT2D eigenvalue weighted by Crippen LogP contribution is 2.44. The molecule has 2 aromatic carbocycles. The Hall–Kier alpha value is -2.60. The van der Waals surface area contributed by atoms with Crippen molar-refractivity contribution in [3.05, 3.63) is 64.0 Å². The molecule has 1 aliphatic carbocycles. The van der Waals surface area contributed by atoms with Gasteiger partial charge in [-0.15, -0.1) is 0 Å². The summed E-state index contributed by atoms with van der Waals surface area (Å²) in [5.41, 5.74) is 4.06. The van der Waals surface area contributed by atoms with Crippen LogP contribution in [0.15, 0.2) is 35.2 Å². The Labute approximate surface area is 190 Å². The van der Waals surface area contributed by atoms with E-state index in [0.717, 1.165) is 35.1 Å². The zero-order valence-corrected chi connectivity index (χ0v) is 19.9. The van der Waals surface area contributed by atoms with Crippen LogP contribution < -0.4 is 9.86 Å². The summed E-state index contributed by atoms with van der Waals surface area (Å²) in [5, 5.41) is 15.3. The summed E-state index contributed by atoms with van der Waals surface area (Å²) in [6, 6.07) is 10.2. The van der Waals surface area contributed by atoms with Crippen LogP contribution in [0.2, 0.25) is 0 Å². The second kappa shape index (κ2) is 9.49. The number of nitrogens with one attached hydrogen (secondary N) is 1. The number of thiol groups is 1. The van der Waals surface area contributed by atoms with Crippen molar-refractivity contribution in [1.82, 2.24) is 9.62 Å². The first-order valence-corrected chi connectivity index (χ1v) is 12.5. The summed E-state index contributed by atoms with van der Waals surface area (Å²) in [6.45, 7) is 4.54. The van der Waals surface area contributed by atoms with E-state index < -0.39 is 22.0 Å². The Morgan fingerprint density at radius 2 is 2.00 bits per heavy atom. The maximum absolute atomic E-state index is 14.7. The van der Waals surface area contributed by atoms with Crippen LogP contribution in [0, 0.1) is 17.1 Å². The molecule has 0 radical (unpaired) electrons. The lowest BCUT2D eigenvalue weighted by Gasteiger charge is -2.23. The van der Waals surface area contributed by atoms with Crippen molar-refractivity contribution in [2.24, 2.45) is 5.14 Å². The van der Waals surface area contributed by atoms with Crippen molar-refractivity contribution in [2.45, 2.75) is 56.4 Å². The van der Waals surface area contributed by atoms with Gasteiger partial charge in [-0.25, -0.2) is 8.60 Å². The lowest BCUT2D eigenvalue weighted by Crippen LogP contribution is -2.44. The first-order chi connectivity index (χ1) is 15.0. The molecule has 3 N–H and O–H groups in total. The fourth-order valence-electron chi connectivity index (χ4n) is 3.99. The Morgan fingerprint density at radius 3 is 2.53 bits per heavy atom. The van der Waals surface area contributed by atoms with E-state index in [1.54, 1.807) is 6.07 Å². The summed E-state index contributed by atoms with van der Waals surface area (Å²) < 4.78 is 30.1. The van der Waals surface area contributed by atoms with Crippen LogP contribution in [-0.4, -0.2) is 29.1 Å². The zero-order chi connectivity index (χ0) is 23.6. The second-order valence-electron chi connectivity index (χ2n) is 9.07. The minimum Gasteiger partial charge on any atom is -0.305 e. The fourth-order valence-corrected chi connectivity index (χ4v) is 5.24. The molecule has 0 spiro atoms. The quantitative estimate of drug-likeness (QED) is 0.529. The third-order valence-electron chi connectivity index (χ3n) is 5.58. The number of rotatable bonds is 8. The maximum Gasteiger partial charge on any atom is 0.235 e. The molecule has 0 aromatic heterocycles. The topological polar surface area (TPSA) is 99.2 Å². The molecule has 0 saturated heterocycles. The van der Waals surface area contributed by atoms with E-state index in [1.807, 2.05) is 45.0 Å². The highest BCUT2D eigenvalue weighted by Gasteiger charge is 2.30. The number of amides is 1. The van der Waals surface area contributed by atoms with Crippen molar-refractivity contribution in [1.29, 1.82) is 5.26 Å². The van der Waals surface area contributed by atoms with Gasteiger partial charge >= 0.3 is 0 Å². The maximum atomic E-state index is 14.7. The molecule has 1 aliphatic rings. The van der Waals surface area contributed by atoms with Gasteiger partial charge in [0.15, 0.2) is 0 Å². The van der Waals surface area contributed by atoms with Gasteiger partial charge < -0.3 is 4.90 Å². The Bertz CT molecular complexity index is 1100. The van der Waals surface area contributed by atoms with Crippen molar-refractivity contribution in [3.8, 4) is 6.07 Å². The summed E-state index contributed by atoms with van der Waals surface area (Å²) in [7, 11) is -0.217. The van der Waals surface area contributed by atoms with Gasteiger partial charge in [0.05, 0.1) is 22.9 Å². The van der Waals surface area contributed by atoms with E-state index in [1.165, 1.54) is 12.1 Å². The van der Waals surface area contributed by atoms with E-state index in [9.17, 15) is 18.7 Å². The van der Waals surface area contributed by atoms with Gasteiger partial charge in [-0.05, 0) is 85.3 Å². The van der Waals surface area contributed by atoms with Crippen LogP contribution in [-0.2, 0) is 28.1 Å². The largest absolute Gasteiger partial charge is 0.305 e. The van der Waals surface area contributed by atoms with Crippen LogP contribution in [0.3, 0.4) is 0 Å². The minimum atomic E-state index is -3.95. The first-order valence-electron chi connectivity index (χ1n) is 10.7. The number of hydrogen-bond acceptors (Lipinski definition) is 4. The summed E-state index contributed by atoms with van der Waals surface area (Å²) >= 11 is 0. The van der Waals surface area contributed by atoms with Crippen LogP contribution >= 0.6 is 0 Å². The molecule has 0 heterocycles. The summed E-state index contributed by atoms with van der Waals surface area (Å²) in [4.78, 5) is 14.6. The molecule has 3 rings (SSSR count). The highest BCUT2D eigenvalue weighted by atomic mass is 32.3. The number of benzene rings is 2. The molecule has 2 aromatic rings. The fraction of sp³-hybridized carbons (Fsp3) is 0.417. The molecule has 32 heavy (non-hydrogen) atoms. The average molecular weight is 459 g/mol. The van der Waals surface area contributed by atoms with Crippen LogP contribution in [0.1, 0.15) is 66.3 Å². The number of hydrogen-bond donors (Lipinski definition) is 3. The Balaban J connectivity index is 1.85. The van der Waals surface area contributed by atoms with Crippen LogP contribution in [0.25, 0.3) is 0 Å². The lowest BCUT2D eigenvalue weighted by atomic mass is 9.87. The number of carbonyl (C=O) groups is 1. The van der Waals surface area contributed by atoms with E-state index in [4.69, 9.17) is 5.14 Å². The number of nitrogens with zero attached hydrogens (tertiary/aromatic N) is 2. The molecule has 1 amide bonds. The first kappa shape index (κ1) is 24.1. The van der Waals surface area contributed by atoms with E-state index in [-0.39, 0.29) is 17.2 Å². The molecular formula is C24H31FN4O2S. The van der Waals surface area contributed by atoms with Gasteiger partial charge in [0, 0.05) is 16.8 Å². The third kappa shape index (κ3) is 5.60. The zero-order valence-electron chi connectivity index (χ0n) is 19.0. The third-order valence-corrected chi connectivity index (χ3v) is 7.24. The minimum absolute atomic E-state index is 0.0213. The Morgan fingerprint density at radius 1 is 1.31 bits per heavy atom. The predicted molar refractivity (Wildman–Crippen MR) is 125 cm³/mol.